The van der Waals surface area contributed by atoms with Crippen molar-refractivity contribution in [2.75, 3.05) is 11.1 Å². The number of anilines is 1. The van der Waals surface area contributed by atoms with Gasteiger partial charge in [0.15, 0.2) is 0 Å². The molecule has 26 heavy (non-hydrogen) atoms. The van der Waals surface area contributed by atoms with E-state index in [1.165, 1.54) is 0 Å². The average molecular weight is 364 g/mol. The Balaban J connectivity index is 1.63. The van der Waals surface area contributed by atoms with Crippen LogP contribution in [0.25, 0.3) is 11.5 Å². The maximum absolute atomic E-state index is 12.1. The molecule has 0 bridgehead atoms. The fourth-order valence-electron chi connectivity index (χ4n) is 2.49. The molecular formula is C19H16N4O2S. The van der Waals surface area contributed by atoms with Gasteiger partial charge in [0.1, 0.15) is 6.07 Å². The number of nitrogens with one attached hydrogen (secondary N) is 1. The van der Waals surface area contributed by atoms with E-state index >= 15 is 0 Å². The minimum Gasteiger partial charge on any atom is -0.411 e. The number of rotatable bonds is 5. The summed E-state index contributed by atoms with van der Waals surface area (Å²) in [5.74, 6) is 0.284. The maximum atomic E-state index is 12.1. The fraction of sp³-hybridized carbons (Fsp3) is 0.158. The van der Waals surface area contributed by atoms with Gasteiger partial charge in [-0.05, 0) is 38.1 Å². The number of aromatic nitrogens is 2. The number of nitriles is 1. The molecule has 0 unspecified atom stereocenters. The molecule has 0 aliphatic rings. The summed E-state index contributed by atoms with van der Waals surface area (Å²) in [6.45, 7) is 4.01. The van der Waals surface area contributed by atoms with Crippen molar-refractivity contribution in [2.24, 2.45) is 0 Å². The van der Waals surface area contributed by atoms with Gasteiger partial charge in [0.2, 0.25) is 11.8 Å². The third-order valence-corrected chi connectivity index (χ3v) is 4.34. The summed E-state index contributed by atoms with van der Waals surface area (Å²) in [6.07, 6.45) is 0. The number of hydrogen-bond acceptors (Lipinski definition) is 6. The molecule has 0 radical (unpaired) electrons. The van der Waals surface area contributed by atoms with Crippen LogP contribution in [0.4, 0.5) is 5.69 Å². The number of carbonyl (C=O) groups is 1. The molecule has 3 rings (SSSR count). The fourth-order valence-corrected chi connectivity index (χ4v) is 3.05. The van der Waals surface area contributed by atoms with Crippen LogP contribution in [0.1, 0.15) is 16.7 Å². The van der Waals surface area contributed by atoms with E-state index in [2.05, 4.69) is 21.6 Å². The second-order valence-electron chi connectivity index (χ2n) is 5.74. The molecule has 0 spiro atoms. The first-order valence-corrected chi connectivity index (χ1v) is 8.87. The molecule has 0 fully saturated rings. The number of amides is 1. The zero-order chi connectivity index (χ0) is 18.5. The van der Waals surface area contributed by atoms with Crippen molar-refractivity contribution in [3.05, 3.63) is 59.2 Å². The maximum Gasteiger partial charge on any atom is 0.277 e. The smallest absolute Gasteiger partial charge is 0.277 e. The van der Waals surface area contributed by atoms with E-state index in [1.54, 1.807) is 24.3 Å². The normalized spacial score (nSPS) is 10.3. The summed E-state index contributed by atoms with van der Waals surface area (Å²) < 4.78 is 5.63. The Labute approximate surface area is 155 Å². The van der Waals surface area contributed by atoms with E-state index in [4.69, 9.17) is 9.68 Å². The highest BCUT2D eigenvalue weighted by Gasteiger charge is 2.13. The lowest BCUT2D eigenvalue weighted by Crippen LogP contribution is -2.14. The Kier molecular flexibility index (Phi) is 5.34. The highest BCUT2D eigenvalue weighted by atomic mass is 32.2. The zero-order valence-corrected chi connectivity index (χ0v) is 15.1. The van der Waals surface area contributed by atoms with Gasteiger partial charge >= 0.3 is 0 Å². The van der Waals surface area contributed by atoms with E-state index in [0.29, 0.717) is 22.4 Å². The minimum absolute atomic E-state index is 0.105. The largest absolute Gasteiger partial charge is 0.411 e. The predicted octanol–water partition coefficient (Wildman–Crippen LogP) is 3.96. The molecule has 0 saturated carbocycles. The first-order valence-electron chi connectivity index (χ1n) is 7.89. The molecule has 0 saturated heterocycles. The summed E-state index contributed by atoms with van der Waals surface area (Å²) >= 11 is 1.15. The van der Waals surface area contributed by atoms with Crippen LogP contribution >= 0.6 is 11.8 Å². The molecule has 0 atom stereocenters. The average Bonchev–Trinajstić information content (AvgIpc) is 3.09. The Morgan fingerprint density at radius 1 is 1.19 bits per heavy atom. The van der Waals surface area contributed by atoms with E-state index in [0.717, 1.165) is 28.5 Å². The van der Waals surface area contributed by atoms with Gasteiger partial charge in [-0.1, -0.05) is 41.1 Å². The van der Waals surface area contributed by atoms with Crippen LogP contribution in [0.3, 0.4) is 0 Å². The Bertz CT molecular complexity index is 971. The van der Waals surface area contributed by atoms with Crippen LogP contribution in [0.2, 0.25) is 0 Å². The van der Waals surface area contributed by atoms with Crippen LogP contribution < -0.4 is 5.32 Å². The Morgan fingerprint density at radius 3 is 2.65 bits per heavy atom. The van der Waals surface area contributed by atoms with Crippen molar-refractivity contribution < 1.29 is 9.21 Å². The van der Waals surface area contributed by atoms with Crippen molar-refractivity contribution in [2.45, 2.75) is 19.1 Å². The summed E-state index contributed by atoms with van der Waals surface area (Å²) in [5, 5.41) is 20.1. The minimum atomic E-state index is -0.246. The van der Waals surface area contributed by atoms with Crippen molar-refractivity contribution in [3.8, 4) is 17.5 Å². The van der Waals surface area contributed by atoms with Crippen LogP contribution in [0.5, 0.6) is 0 Å². The van der Waals surface area contributed by atoms with E-state index < -0.39 is 0 Å². The SMILES string of the molecule is Cc1cc(C)cc(-c2nnc(SCC(=O)Nc3ccccc3C#N)o2)c1. The van der Waals surface area contributed by atoms with Crippen molar-refractivity contribution in [3.63, 3.8) is 0 Å². The molecule has 0 aliphatic heterocycles. The summed E-state index contributed by atoms with van der Waals surface area (Å²) in [4.78, 5) is 12.1. The number of carbonyl (C=O) groups excluding carboxylic acids is 1. The van der Waals surface area contributed by atoms with Crippen molar-refractivity contribution >= 4 is 23.4 Å². The topological polar surface area (TPSA) is 91.8 Å². The van der Waals surface area contributed by atoms with Gasteiger partial charge in [-0.25, -0.2) is 0 Å². The number of benzene rings is 2. The molecule has 1 amide bonds. The predicted molar refractivity (Wildman–Crippen MR) is 99.7 cm³/mol. The lowest BCUT2D eigenvalue weighted by atomic mass is 10.1. The van der Waals surface area contributed by atoms with E-state index in [9.17, 15) is 4.79 Å². The number of thioether (sulfide) groups is 1. The van der Waals surface area contributed by atoms with Crippen molar-refractivity contribution in [1.82, 2.24) is 10.2 Å². The third kappa shape index (κ3) is 4.29. The molecule has 6 nitrogen and oxygen atoms in total. The monoisotopic (exact) mass is 364 g/mol. The quantitative estimate of drug-likeness (QED) is 0.689. The second kappa shape index (κ2) is 7.85. The molecule has 7 heteroatoms. The van der Waals surface area contributed by atoms with Gasteiger partial charge in [0.05, 0.1) is 17.0 Å². The molecular weight excluding hydrogens is 348 g/mol. The highest BCUT2D eigenvalue weighted by molar-refractivity contribution is 7.99. The third-order valence-electron chi connectivity index (χ3n) is 3.52. The van der Waals surface area contributed by atoms with Gasteiger partial charge in [-0.2, -0.15) is 5.26 Å². The summed E-state index contributed by atoms with van der Waals surface area (Å²) in [7, 11) is 0. The number of hydrogen-bond donors (Lipinski definition) is 1. The molecule has 1 aromatic heterocycles. The van der Waals surface area contributed by atoms with Gasteiger partial charge in [-0.15, -0.1) is 10.2 Å². The molecule has 1 heterocycles. The molecule has 1 N–H and O–H groups in total. The number of nitrogens with zero attached hydrogens (tertiary/aromatic N) is 3. The lowest BCUT2D eigenvalue weighted by molar-refractivity contribution is -0.113. The highest BCUT2D eigenvalue weighted by Crippen LogP contribution is 2.25. The number of para-hydroxylation sites is 1. The van der Waals surface area contributed by atoms with Gasteiger partial charge < -0.3 is 9.73 Å². The molecule has 0 aliphatic carbocycles. The van der Waals surface area contributed by atoms with E-state index in [-0.39, 0.29) is 11.7 Å². The second-order valence-corrected chi connectivity index (χ2v) is 6.67. The van der Waals surface area contributed by atoms with Crippen LogP contribution in [0, 0.1) is 25.2 Å². The Morgan fingerprint density at radius 2 is 1.92 bits per heavy atom. The molecule has 3 aromatic rings. The molecule has 130 valence electrons. The van der Waals surface area contributed by atoms with Crippen LogP contribution in [-0.4, -0.2) is 21.9 Å². The van der Waals surface area contributed by atoms with E-state index in [1.807, 2.05) is 32.0 Å². The first kappa shape index (κ1) is 17.7. The zero-order valence-electron chi connectivity index (χ0n) is 14.3. The van der Waals surface area contributed by atoms with Crippen LogP contribution in [0.15, 0.2) is 52.1 Å². The van der Waals surface area contributed by atoms with Gasteiger partial charge in [0.25, 0.3) is 5.22 Å². The Hall–Kier alpha value is -3.11. The van der Waals surface area contributed by atoms with Gasteiger partial charge in [0, 0.05) is 5.56 Å². The van der Waals surface area contributed by atoms with Crippen LogP contribution in [-0.2, 0) is 4.79 Å². The lowest BCUT2D eigenvalue weighted by Gasteiger charge is -2.05. The van der Waals surface area contributed by atoms with Crippen molar-refractivity contribution in [1.29, 1.82) is 5.26 Å². The van der Waals surface area contributed by atoms with Gasteiger partial charge in [-0.3, -0.25) is 4.79 Å². The summed E-state index contributed by atoms with van der Waals surface area (Å²) in [6, 6.07) is 14.9. The standard InChI is InChI=1S/C19H16N4O2S/c1-12-7-13(2)9-15(8-12)18-22-23-19(25-18)26-11-17(24)21-16-6-4-3-5-14(16)10-20/h3-9H,11H2,1-2H3,(H,21,24). The number of aryl methyl sites for hydroxylation is 2. The molecule has 2 aromatic carbocycles. The summed E-state index contributed by atoms with van der Waals surface area (Å²) in [5.41, 5.74) is 3.99. The first-order chi connectivity index (χ1) is 12.5.